The molecule has 1 atom stereocenters. The first kappa shape index (κ1) is 15.8. The Bertz CT molecular complexity index is 807. The van der Waals surface area contributed by atoms with E-state index in [1.807, 2.05) is 19.0 Å². The lowest BCUT2D eigenvalue weighted by molar-refractivity contribution is 0.0236. The Morgan fingerprint density at radius 3 is 2.87 bits per heavy atom. The highest BCUT2D eigenvalue weighted by Gasteiger charge is 2.38. The Labute approximate surface area is 133 Å². The molecule has 2 aromatic rings. The predicted molar refractivity (Wildman–Crippen MR) is 85.5 cm³/mol. The van der Waals surface area contributed by atoms with Crippen LogP contribution in [0.25, 0.3) is 11.1 Å². The topological polar surface area (TPSA) is 78.9 Å². The van der Waals surface area contributed by atoms with Gasteiger partial charge in [0.2, 0.25) is 0 Å². The first-order chi connectivity index (χ1) is 10.8. The average Bonchev–Trinajstić information content (AvgIpc) is 2.99. The zero-order chi connectivity index (χ0) is 16.8. The highest BCUT2D eigenvalue weighted by Crippen LogP contribution is 2.24. The van der Waals surface area contributed by atoms with Gasteiger partial charge in [-0.1, -0.05) is 0 Å². The van der Waals surface area contributed by atoms with Gasteiger partial charge in [0.05, 0.1) is 17.7 Å². The van der Waals surface area contributed by atoms with Crippen molar-refractivity contribution in [3.8, 4) is 0 Å². The number of carbonyl (C=O) groups excluding carboxylic acids is 1. The van der Waals surface area contributed by atoms with E-state index in [2.05, 4.69) is 0 Å². The van der Waals surface area contributed by atoms with Gasteiger partial charge in [-0.2, -0.15) is 0 Å². The molecule has 1 amide bonds. The van der Waals surface area contributed by atoms with Crippen molar-refractivity contribution in [2.75, 3.05) is 33.7 Å². The van der Waals surface area contributed by atoms with E-state index in [-0.39, 0.29) is 5.91 Å². The summed E-state index contributed by atoms with van der Waals surface area (Å²) in [6.45, 7) is 1.35. The zero-order valence-electron chi connectivity index (χ0n) is 13.6. The van der Waals surface area contributed by atoms with Crippen molar-refractivity contribution in [2.45, 2.75) is 12.0 Å². The second-order valence-electron chi connectivity index (χ2n) is 6.55. The van der Waals surface area contributed by atoms with E-state index in [1.165, 1.54) is 4.57 Å². The summed E-state index contributed by atoms with van der Waals surface area (Å²) in [5.41, 5.74) is 0.664. The molecule has 23 heavy (non-hydrogen) atoms. The number of likely N-dealkylation sites (N-methyl/N-ethyl adjacent to an activating group) is 1. The van der Waals surface area contributed by atoms with Crippen LogP contribution in [0, 0.1) is 0 Å². The molecule has 0 bridgehead atoms. The summed E-state index contributed by atoms with van der Waals surface area (Å²) < 4.78 is 6.45. The molecule has 1 saturated heterocycles. The van der Waals surface area contributed by atoms with Gasteiger partial charge in [0.1, 0.15) is 0 Å². The van der Waals surface area contributed by atoms with Crippen molar-refractivity contribution in [1.82, 2.24) is 14.4 Å². The lowest BCUT2D eigenvalue weighted by Crippen LogP contribution is -2.43. The second kappa shape index (κ2) is 5.50. The number of β-amino-alcohol motifs (C(OH)–C–C–N with tert-alkyl or cyclic N) is 1. The fraction of sp³-hybridized carbons (Fsp3) is 0.500. The van der Waals surface area contributed by atoms with Crippen molar-refractivity contribution in [3.05, 3.63) is 34.3 Å². The van der Waals surface area contributed by atoms with Gasteiger partial charge >= 0.3 is 5.76 Å². The first-order valence-corrected chi connectivity index (χ1v) is 7.55. The normalized spacial score (nSPS) is 21.5. The summed E-state index contributed by atoms with van der Waals surface area (Å²) in [6, 6.07) is 4.94. The molecule has 124 valence electrons. The summed E-state index contributed by atoms with van der Waals surface area (Å²) in [5.74, 6) is -0.596. The molecule has 0 saturated carbocycles. The van der Waals surface area contributed by atoms with Crippen LogP contribution in [0.5, 0.6) is 0 Å². The minimum absolute atomic E-state index is 0.143. The smallest absolute Gasteiger partial charge is 0.408 e. The third-order valence-corrected chi connectivity index (χ3v) is 4.27. The lowest BCUT2D eigenvalue weighted by Gasteiger charge is -2.26. The molecule has 1 N–H and O–H groups in total. The summed E-state index contributed by atoms with van der Waals surface area (Å²) in [4.78, 5) is 27.8. The number of hydrogen-bond acceptors (Lipinski definition) is 5. The number of fused-ring (bicyclic) bond motifs is 1. The number of rotatable bonds is 3. The molecular weight excluding hydrogens is 298 g/mol. The number of aryl methyl sites for hydroxylation is 1. The van der Waals surface area contributed by atoms with Crippen molar-refractivity contribution < 1.29 is 14.3 Å². The highest BCUT2D eigenvalue weighted by molar-refractivity contribution is 5.97. The van der Waals surface area contributed by atoms with E-state index in [0.717, 1.165) is 0 Å². The minimum atomic E-state index is -0.869. The van der Waals surface area contributed by atoms with Crippen LogP contribution in [-0.4, -0.2) is 64.7 Å². The highest BCUT2D eigenvalue weighted by atomic mass is 16.4. The number of carbonyl (C=O) groups is 1. The van der Waals surface area contributed by atoms with Crippen LogP contribution in [0.2, 0.25) is 0 Å². The van der Waals surface area contributed by atoms with Gasteiger partial charge in [0.25, 0.3) is 5.91 Å². The molecule has 3 rings (SSSR count). The molecular formula is C16H21N3O4. The third-order valence-electron chi connectivity index (χ3n) is 4.27. The van der Waals surface area contributed by atoms with Crippen LogP contribution >= 0.6 is 0 Å². The van der Waals surface area contributed by atoms with E-state index >= 15 is 0 Å². The Hall–Kier alpha value is -2.12. The molecule has 1 aromatic heterocycles. The van der Waals surface area contributed by atoms with Crippen LogP contribution in [0.3, 0.4) is 0 Å². The van der Waals surface area contributed by atoms with E-state index in [0.29, 0.717) is 42.7 Å². The van der Waals surface area contributed by atoms with E-state index in [9.17, 15) is 14.7 Å². The quantitative estimate of drug-likeness (QED) is 0.878. The van der Waals surface area contributed by atoms with Gasteiger partial charge in [-0.05, 0) is 38.7 Å². The van der Waals surface area contributed by atoms with Gasteiger partial charge in [-0.15, -0.1) is 0 Å². The fourth-order valence-corrected chi connectivity index (χ4v) is 3.19. The van der Waals surface area contributed by atoms with Gasteiger partial charge < -0.3 is 19.3 Å². The summed E-state index contributed by atoms with van der Waals surface area (Å²) in [6.07, 6.45) is 0.559. The molecule has 0 aliphatic carbocycles. The maximum atomic E-state index is 12.7. The molecule has 0 spiro atoms. The van der Waals surface area contributed by atoms with Crippen LogP contribution in [0.1, 0.15) is 16.8 Å². The molecule has 7 heteroatoms. The summed E-state index contributed by atoms with van der Waals surface area (Å²) in [5, 5.41) is 10.6. The fourth-order valence-electron chi connectivity index (χ4n) is 3.19. The van der Waals surface area contributed by atoms with E-state index < -0.39 is 11.4 Å². The Balaban J connectivity index is 1.84. The van der Waals surface area contributed by atoms with Crippen LogP contribution in [0.4, 0.5) is 0 Å². The molecule has 7 nitrogen and oxygen atoms in total. The van der Waals surface area contributed by atoms with Crippen molar-refractivity contribution in [1.29, 1.82) is 0 Å². The number of oxazole rings is 1. The van der Waals surface area contributed by atoms with Crippen LogP contribution < -0.4 is 5.76 Å². The van der Waals surface area contributed by atoms with Gasteiger partial charge in [0, 0.05) is 25.7 Å². The largest absolute Gasteiger partial charge is 0.419 e. The molecule has 0 radical (unpaired) electrons. The van der Waals surface area contributed by atoms with E-state index in [4.69, 9.17) is 4.42 Å². The van der Waals surface area contributed by atoms with E-state index in [1.54, 1.807) is 30.1 Å². The summed E-state index contributed by atoms with van der Waals surface area (Å²) in [7, 11) is 5.40. The van der Waals surface area contributed by atoms with Gasteiger partial charge in [-0.3, -0.25) is 9.36 Å². The number of aliphatic hydroxyl groups is 1. The standard InChI is InChI=1S/C16H21N3O4/c1-17(2)9-16(22)6-7-19(10-16)14(20)11-4-5-13-12(8-11)18(3)15(21)23-13/h4-5,8,22H,6-7,9-10H2,1-3H3. The maximum Gasteiger partial charge on any atom is 0.419 e. The first-order valence-electron chi connectivity index (χ1n) is 7.55. The average molecular weight is 319 g/mol. The Morgan fingerprint density at radius 1 is 1.43 bits per heavy atom. The SMILES string of the molecule is CN(C)CC1(O)CCN(C(=O)c2ccc3oc(=O)n(C)c3c2)C1. The Kier molecular flexibility index (Phi) is 3.77. The van der Waals surface area contributed by atoms with Gasteiger partial charge in [-0.25, -0.2) is 4.79 Å². The zero-order valence-corrected chi connectivity index (χ0v) is 13.6. The number of amides is 1. The predicted octanol–water partition coefficient (Wildman–Crippen LogP) is 0.270. The molecule has 1 fully saturated rings. The number of likely N-dealkylation sites (tertiary alicyclic amines) is 1. The molecule has 1 aromatic carbocycles. The van der Waals surface area contributed by atoms with Crippen molar-refractivity contribution in [2.24, 2.45) is 7.05 Å². The minimum Gasteiger partial charge on any atom is -0.408 e. The molecule has 1 aliphatic rings. The number of nitrogens with zero attached hydrogens (tertiary/aromatic N) is 3. The van der Waals surface area contributed by atoms with Gasteiger partial charge in [0.15, 0.2) is 5.58 Å². The second-order valence-corrected chi connectivity index (χ2v) is 6.55. The van der Waals surface area contributed by atoms with Crippen molar-refractivity contribution >= 4 is 17.0 Å². The molecule has 1 unspecified atom stereocenters. The third kappa shape index (κ3) is 2.89. The summed E-state index contributed by atoms with van der Waals surface area (Å²) >= 11 is 0. The molecule has 2 heterocycles. The molecule has 1 aliphatic heterocycles. The Morgan fingerprint density at radius 2 is 2.17 bits per heavy atom. The lowest BCUT2D eigenvalue weighted by atomic mass is 10.0. The number of hydrogen-bond donors (Lipinski definition) is 1. The maximum absolute atomic E-state index is 12.7. The number of benzene rings is 1. The van der Waals surface area contributed by atoms with Crippen molar-refractivity contribution in [3.63, 3.8) is 0 Å². The monoisotopic (exact) mass is 319 g/mol. The number of aromatic nitrogens is 1. The van der Waals surface area contributed by atoms with Crippen LogP contribution in [-0.2, 0) is 7.05 Å². The van der Waals surface area contributed by atoms with Crippen LogP contribution in [0.15, 0.2) is 27.4 Å².